The molecule has 0 spiro atoms. The molecule has 0 bridgehead atoms. The Labute approximate surface area is 197 Å². The van der Waals surface area contributed by atoms with Crippen molar-refractivity contribution in [3.05, 3.63) is 53.9 Å². The molecule has 1 aromatic carbocycles. The summed E-state index contributed by atoms with van der Waals surface area (Å²) in [7, 11) is 1.82. The Kier molecular flexibility index (Phi) is 5.49. The molecule has 0 atom stereocenters. The van der Waals surface area contributed by atoms with Crippen molar-refractivity contribution in [2.24, 2.45) is 7.05 Å². The smallest absolute Gasteiger partial charge is 0.272 e. The minimum Gasteiger partial charge on any atom is -0.507 e. The standard InChI is InChI=1S/C25H27N5O4/c1-4-6-15(5-2)30-24-18-11-17(20-7-8-29(3)27-20)21(32)12-22(18)34-13-19(24)23(28-30)25(33)26-14-9-16(31)10-14/h4-8,11-12,14,16,31-32H,9-10,13H2,1-3H3,(H,26,33)/b6-4-,15-5+. The Hall–Kier alpha value is -3.85. The van der Waals surface area contributed by atoms with E-state index in [1.165, 1.54) is 0 Å². The number of carbonyl (C=O) groups is 1. The molecule has 1 fully saturated rings. The summed E-state index contributed by atoms with van der Waals surface area (Å²) in [6.07, 6.45) is 8.28. The lowest BCUT2D eigenvalue weighted by Gasteiger charge is -2.31. The van der Waals surface area contributed by atoms with Gasteiger partial charge in [-0.15, -0.1) is 0 Å². The molecular formula is C25H27N5O4. The monoisotopic (exact) mass is 461 g/mol. The zero-order valence-electron chi connectivity index (χ0n) is 19.3. The molecule has 1 aliphatic heterocycles. The Morgan fingerprint density at radius 2 is 2.03 bits per heavy atom. The highest BCUT2D eigenvalue weighted by molar-refractivity contribution is 5.97. The van der Waals surface area contributed by atoms with Gasteiger partial charge in [0.05, 0.1) is 23.2 Å². The van der Waals surface area contributed by atoms with Gasteiger partial charge in [0.25, 0.3) is 5.91 Å². The van der Waals surface area contributed by atoms with Crippen LogP contribution in [-0.4, -0.2) is 47.8 Å². The fourth-order valence-electron chi connectivity index (χ4n) is 4.44. The molecule has 1 aliphatic carbocycles. The van der Waals surface area contributed by atoms with Crippen LogP contribution in [0.3, 0.4) is 0 Å². The fraction of sp³-hybridized carbons (Fsp3) is 0.320. The third kappa shape index (κ3) is 3.67. The van der Waals surface area contributed by atoms with Crippen molar-refractivity contribution in [2.75, 3.05) is 0 Å². The molecule has 0 radical (unpaired) electrons. The van der Waals surface area contributed by atoms with E-state index in [0.29, 0.717) is 46.7 Å². The first-order valence-corrected chi connectivity index (χ1v) is 11.3. The summed E-state index contributed by atoms with van der Waals surface area (Å²) in [6, 6.07) is 5.17. The van der Waals surface area contributed by atoms with Gasteiger partial charge in [-0.05, 0) is 44.9 Å². The summed E-state index contributed by atoms with van der Waals surface area (Å²) in [5.74, 6) is 0.280. The van der Waals surface area contributed by atoms with Gasteiger partial charge in [-0.25, -0.2) is 4.68 Å². The Morgan fingerprint density at radius 3 is 2.68 bits per heavy atom. The molecule has 2 aliphatic rings. The molecule has 3 N–H and O–H groups in total. The van der Waals surface area contributed by atoms with Gasteiger partial charge in [0, 0.05) is 42.0 Å². The van der Waals surface area contributed by atoms with Gasteiger partial charge in [0.2, 0.25) is 0 Å². The zero-order chi connectivity index (χ0) is 24.0. The number of carbonyl (C=O) groups excluding carboxylic acids is 1. The van der Waals surface area contributed by atoms with E-state index >= 15 is 0 Å². The van der Waals surface area contributed by atoms with Crippen molar-refractivity contribution in [3.8, 4) is 34.0 Å². The molecule has 0 saturated heterocycles. The number of aliphatic hydroxyl groups excluding tert-OH is 1. The van der Waals surface area contributed by atoms with Gasteiger partial charge in [-0.2, -0.15) is 10.2 Å². The average Bonchev–Trinajstić information content (AvgIpc) is 3.40. The number of hydrogen-bond donors (Lipinski definition) is 3. The first kappa shape index (κ1) is 22.0. The molecular weight excluding hydrogens is 434 g/mol. The van der Waals surface area contributed by atoms with Gasteiger partial charge >= 0.3 is 0 Å². The molecule has 9 nitrogen and oxygen atoms in total. The first-order valence-electron chi connectivity index (χ1n) is 11.3. The number of hydrogen-bond acceptors (Lipinski definition) is 6. The lowest BCUT2D eigenvalue weighted by Crippen LogP contribution is -2.47. The van der Waals surface area contributed by atoms with Gasteiger partial charge in [-0.3, -0.25) is 9.48 Å². The van der Waals surface area contributed by atoms with Crippen molar-refractivity contribution >= 4 is 11.6 Å². The van der Waals surface area contributed by atoms with E-state index in [1.807, 2.05) is 57.5 Å². The van der Waals surface area contributed by atoms with E-state index in [9.17, 15) is 15.0 Å². The Balaban J connectivity index is 1.66. The van der Waals surface area contributed by atoms with Gasteiger partial charge in [0.15, 0.2) is 5.69 Å². The van der Waals surface area contributed by atoms with Crippen LogP contribution in [0.15, 0.2) is 42.6 Å². The van der Waals surface area contributed by atoms with E-state index in [0.717, 1.165) is 11.4 Å². The molecule has 34 heavy (non-hydrogen) atoms. The van der Waals surface area contributed by atoms with E-state index in [4.69, 9.17) is 9.84 Å². The van der Waals surface area contributed by atoms with E-state index in [2.05, 4.69) is 10.4 Å². The quantitative estimate of drug-likeness (QED) is 0.503. The van der Waals surface area contributed by atoms with Crippen LogP contribution in [0.1, 0.15) is 42.7 Å². The lowest BCUT2D eigenvalue weighted by molar-refractivity contribution is 0.0559. The fourth-order valence-corrected chi connectivity index (χ4v) is 4.44. The number of aromatic hydroxyl groups is 1. The number of allylic oxidation sites excluding steroid dienone is 4. The lowest BCUT2D eigenvalue weighted by atomic mass is 9.89. The maximum absolute atomic E-state index is 13.2. The number of aryl methyl sites for hydroxylation is 1. The van der Waals surface area contributed by atoms with Crippen molar-refractivity contribution in [1.29, 1.82) is 0 Å². The summed E-state index contributed by atoms with van der Waals surface area (Å²) in [5, 5.41) is 32.3. The van der Waals surface area contributed by atoms with E-state index < -0.39 is 0 Å². The van der Waals surface area contributed by atoms with Crippen molar-refractivity contribution in [3.63, 3.8) is 0 Å². The highest BCUT2D eigenvalue weighted by Gasteiger charge is 2.34. The van der Waals surface area contributed by atoms with Crippen LogP contribution in [0.2, 0.25) is 0 Å². The third-order valence-electron chi connectivity index (χ3n) is 6.24. The molecule has 176 valence electrons. The summed E-state index contributed by atoms with van der Waals surface area (Å²) in [5.41, 5.74) is 4.41. The molecule has 9 heteroatoms. The number of nitrogens with one attached hydrogen (secondary N) is 1. The SMILES string of the molecule is C/C=C\C(=C/C)n1nc(C(=O)NC2CC(O)C2)c2c1-c1cc(-c3ccn(C)n3)c(O)cc1OC2. The summed E-state index contributed by atoms with van der Waals surface area (Å²) in [4.78, 5) is 13.2. The largest absolute Gasteiger partial charge is 0.507 e. The van der Waals surface area contributed by atoms with Crippen LogP contribution in [0.5, 0.6) is 11.5 Å². The maximum atomic E-state index is 13.2. The molecule has 3 heterocycles. The molecule has 3 aromatic rings. The maximum Gasteiger partial charge on any atom is 0.272 e. The Bertz CT molecular complexity index is 1330. The van der Waals surface area contributed by atoms with Crippen LogP contribution in [0, 0.1) is 0 Å². The summed E-state index contributed by atoms with van der Waals surface area (Å²) >= 11 is 0. The van der Waals surface area contributed by atoms with Gasteiger partial charge in [0.1, 0.15) is 18.1 Å². The van der Waals surface area contributed by atoms with Crippen molar-refractivity contribution in [2.45, 2.75) is 45.4 Å². The highest BCUT2D eigenvalue weighted by atomic mass is 16.5. The Morgan fingerprint density at radius 1 is 1.24 bits per heavy atom. The van der Waals surface area contributed by atoms with Gasteiger partial charge < -0.3 is 20.3 Å². The number of phenols is 1. The third-order valence-corrected chi connectivity index (χ3v) is 6.24. The number of aromatic nitrogens is 4. The second-order valence-electron chi connectivity index (χ2n) is 8.63. The number of rotatable bonds is 5. The topological polar surface area (TPSA) is 114 Å². The van der Waals surface area contributed by atoms with Crippen LogP contribution < -0.4 is 10.1 Å². The van der Waals surface area contributed by atoms with Gasteiger partial charge in [-0.1, -0.05) is 12.2 Å². The summed E-state index contributed by atoms with van der Waals surface area (Å²) in [6.45, 7) is 3.98. The zero-order valence-corrected chi connectivity index (χ0v) is 19.3. The number of ether oxygens (including phenoxy) is 1. The number of phenolic OH excluding ortho intramolecular Hbond substituents is 1. The normalized spacial score (nSPS) is 19.4. The molecule has 0 unspecified atom stereocenters. The van der Waals surface area contributed by atoms with E-state index in [1.54, 1.807) is 15.4 Å². The minimum absolute atomic E-state index is 0.0631. The van der Waals surface area contributed by atoms with Crippen LogP contribution in [0.25, 0.3) is 28.2 Å². The average molecular weight is 462 g/mol. The van der Waals surface area contributed by atoms with Crippen LogP contribution >= 0.6 is 0 Å². The molecule has 2 aromatic heterocycles. The predicted octanol–water partition coefficient (Wildman–Crippen LogP) is 3.24. The van der Waals surface area contributed by atoms with Crippen molar-refractivity contribution in [1.82, 2.24) is 24.9 Å². The predicted molar refractivity (Wildman–Crippen MR) is 127 cm³/mol. The highest BCUT2D eigenvalue weighted by Crippen LogP contribution is 2.45. The first-order chi connectivity index (χ1) is 16.4. The van der Waals surface area contributed by atoms with Crippen LogP contribution in [0.4, 0.5) is 0 Å². The number of nitrogens with zero attached hydrogens (tertiary/aromatic N) is 4. The number of amides is 1. The molecule has 1 saturated carbocycles. The number of fused-ring (bicyclic) bond motifs is 3. The molecule has 1 amide bonds. The second-order valence-corrected chi connectivity index (χ2v) is 8.63. The second kappa shape index (κ2) is 8.49. The summed E-state index contributed by atoms with van der Waals surface area (Å²) < 4.78 is 9.39. The number of benzene rings is 1. The van der Waals surface area contributed by atoms with Crippen LogP contribution in [-0.2, 0) is 13.7 Å². The van der Waals surface area contributed by atoms with Crippen molar-refractivity contribution < 1.29 is 19.7 Å². The number of aliphatic hydroxyl groups is 1. The minimum atomic E-state index is -0.367. The molecule has 5 rings (SSSR count). The van der Waals surface area contributed by atoms with E-state index in [-0.39, 0.29) is 30.4 Å².